The minimum atomic E-state index is 0.132. The lowest BCUT2D eigenvalue weighted by molar-refractivity contribution is -0.122. The molecule has 0 aliphatic carbocycles. The van der Waals surface area contributed by atoms with Crippen molar-refractivity contribution in [2.24, 2.45) is 11.3 Å². The molecule has 1 atom stereocenters. The van der Waals surface area contributed by atoms with Gasteiger partial charge in [0.15, 0.2) is 0 Å². The summed E-state index contributed by atoms with van der Waals surface area (Å²) in [6.07, 6.45) is 1.66. The molecule has 0 spiro atoms. The quantitative estimate of drug-likeness (QED) is 0.846. The SMILES string of the molecule is CC(CC(=O)NCc1ccccc1Br)CC(C)(C)C. The van der Waals surface area contributed by atoms with Crippen LogP contribution in [-0.4, -0.2) is 5.91 Å². The summed E-state index contributed by atoms with van der Waals surface area (Å²) in [5, 5.41) is 2.99. The monoisotopic (exact) mass is 325 g/mol. The topological polar surface area (TPSA) is 29.1 Å². The number of benzene rings is 1. The van der Waals surface area contributed by atoms with Gasteiger partial charge in [-0.2, -0.15) is 0 Å². The number of amides is 1. The van der Waals surface area contributed by atoms with Gasteiger partial charge in [-0.1, -0.05) is 61.8 Å². The van der Waals surface area contributed by atoms with Crippen LogP contribution >= 0.6 is 15.9 Å². The zero-order valence-corrected chi connectivity index (χ0v) is 13.9. The maximum atomic E-state index is 11.9. The molecule has 0 aromatic heterocycles. The van der Waals surface area contributed by atoms with Gasteiger partial charge in [-0.25, -0.2) is 0 Å². The van der Waals surface area contributed by atoms with E-state index in [4.69, 9.17) is 0 Å². The fourth-order valence-corrected chi connectivity index (χ4v) is 2.77. The van der Waals surface area contributed by atoms with Gasteiger partial charge in [0, 0.05) is 17.4 Å². The number of halogens is 1. The first-order chi connectivity index (χ1) is 8.78. The van der Waals surface area contributed by atoms with Crippen LogP contribution in [0, 0.1) is 11.3 Å². The molecule has 1 amide bonds. The molecule has 0 aliphatic heterocycles. The van der Waals surface area contributed by atoms with Gasteiger partial charge in [-0.05, 0) is 29.4 Å². The van der Waals surface area contributed by atoms with Gasteiger partial charge < -0.3 is 5.32 Å². The van der Waals surface area contributed by atoms with Gasteiger partial charge in [-0.15, -0.1) is 0 Å². The third kappa shape index (κ3) is 6.76. The Bertz CT molecular complexity index is 423. The highest BCUT2D eigenvalue weighted by molar-refractivity contribution is 9.10. The van der Waals surface area contributed by atoms with Crippen molar-refractivity contribution in [2.45, 2.75) is 47.1 Å². The zero-order valence-electron chi connectivity index (χ0n) is 12.3. The number of carbonyl (C=O) groups is 1. The van der Waals surface area contributed by atoms with Crippen LogP contribution in [0.25, 0.3) is 0 Å². The fourth-order valence-electron chi connectivity index (χ4n) is 2.34. The Balaban J connectivity index is 2.38. The van der Waals surface area contributed by atoms with Crippen LogP contribution in [0.2, 0.25) is 0 Å². The van der Waals surface area contributed by atoms with Gasteiger partial charge >= 0.3 is 0 Å². The zero-order chi connectivity index (χ0) is 14.5. The molecule has 1 unspecified atom stereocenters. The van der Waals surface area contributed by atoms with Crippen LogP contribution in [0.1, 0.15) is 46.1 Å². The van der Waals surface area contributed by atoms with Crippen LogP contribution < -0.4 is 5.32 Å². The molecule has 0 bridgehead atoms. The summed E-state index contributed by atoms with van der Waals surface area (Å²) < 4.78 is 1.04. The summed E-state index contributed by atoms with van der Waals surface area (Å²) in [5.41, 5.74) is 1.39. The molecular formula is C16H24BrNO. The first-order valence-electron chi connectivity index (χ1n) is 6.78. The lowest BCUT2D eigenvalue weighted by atomic mass is 9.84. The van der Waals surface area contributed by atoms with Crippen LogP contribution in [0.15, 0.2) is 28.7 Å². The van der Waals surface area contributed by atoms with Crippen LogP contribution in [0.4, 0.5) is 0 Å². The molecule has 0 saturated carbocycles. The van der Waals surface area contributed by atoms with Crippen molar-refractivity contribution in [2.75, 3.05) is 0 Å². The number of carbonyl (C=O) groups excluding carboxylic acids is 1. The average Bonchev–Trinajstić information content (AvgIpc) is 2.25. The summed E-state index contributed by atoms with van der Waals surface area (Å²) in [5.74, 6) is 0.548. The number of hydrogen-bond acceptors (Lipinski definition) is 1. The molecule has 0 radical (unpaired) electrons. The van der Waals surface area contributed by atoms with Crippen LogP contribution in [0.3, 0.4) is 0 Å². The highest BCUT2D eigenvalue weighted by Gasteiger charge is 2.17. The normalized spacial score (nSPS) is 13.1. The molecule has 0 heterocycles. The molecular weight excluding hydrogens is 302 g/mol. The molecule has 0 aliphatic rings. The van der Waals surface area contributed by atoms with Gasteiger partial charge in [0.25, 0.3) is 0 Å². The second-order valence-electron chi connectivity index (χ2n) is 6.44. The Morgan fingerprint density at radius 2 is 1.95 bits per heavy atom. The van der Waals surface area contributed by atoms with E-state index in [1.165, 1.54) is 0 Å². The molecule has 2 nitrogen and oxygen atoms in total. The third-order valence-corrected chi connectivity index (χ3v) is 3.70. The van der Waals surface area contributed by atoms with Crippen molar-refractivity contribution in [1.82, 2.24) is 5.32 Å². The predicted octanol–water partition coefficient (Wildman–Crippen LogP) is 4.53. The lowest BCUT2D eigenvalue weighted by Gasteiger charge is -2.22. The van der Waals surface area contributed by atoms with Gasteiger partial charge in [0.1, 0.15) is 0 Å². The van der Waals surface area contributed by atoms with E-state index in [1.54, 1.807) is 0 Å². The van der Waals surface area contributed by atoms with E-state index in [2.05, 4.69) is 48.9 Å². The van der Waals surface area contributed by atoms with Crippen molar-refractivity contribution < 1.29 is 4.79 Å². The molecule has 1 aromatic carbocycles. The molecule has 1 aromatic rings. The molecule has 0 saturated heterocycles. The van der Waals surface area contributed by atoms with E-state index in [1.807, 2.05) is 24.3 Å². The summed E-state index contributed by atoms with van der Waals surface area (Å²) in [4.78, 5) is 11.9. The maximum Gasteiger partial charge on any atom is 0.220 e. The maximum absolute atomic E-state index is 11.9. The highest BCUT2D eigenvalue weighted by atomic mass is 79.9. The van der Waals surface area contributed by atoms with E-state index < -0.39 is 0 Å². The minimum absolute atomic E-state index is 0.132. The Morgan fingerprint density at radius 3 is 2.53 bits per heavy atom. The standard InChI is InChI=1S/C16H24BrNO/c1-12(10-16(2,3)4)9-15(19)18-11-13-7-5-6-8-14(13)17/h5-8,12H,9-11H2,1-4H3,(H,18,19). The van der Waals surface area contributed by atoms with Crippen molar-refractivity contribution in [1.29, 1.82) is 0 Å². The molecule has 0 fully saturated rings. The Kier molecular flexibility index (Phi) is 6.05. The Labute approximate surface area is 125 Å². The Hall–Kier alpha value is -0.830. The van der Waals surface area contributed by atoms with E-state index in [9.17, 15) is 4.79 Å². The van der Waals surface area contributed by atoms with Crippen molar-refractivity contribution in [3.05, 3.63) is 34.3 Å². The van der Waals surface area contributed by atoms with Crippen molar-refractivity contribution in [3.63, 3.8) is 0 Å². The van der Waals surface area contributed by atoms with E-state index in [0.29, 0.717) is 18.9 Å². The number of nitrogens with one attached hydrogen (secondary N) is 1. The predicted molar refractivity (Wildman–Crippen MR) is 83.8 cm³/mol. The van der Waals surface area contributed by atoms with Gasteiger partial charge in [0.2, 0.25) is 5.91 Å². The molecule has 1 N–H and O–H groups in total. The lowest BCUT2D eigenvalue weighted by Crippen LogP contribution is -2.25. The summed E-state index contributed by atoms with van der Waals surface area (Å²) in [6, 6.07) is 7.96. The second kappa shape index (κ2) is 7.09. The summed E-state index contributed by atoms with van der Waals surface area (Å²) in [7, 11) is 0. The first-order valence-corrected chi connectivity index (χ1v) is 7.57. The number of rotatable bonds is 5. The molecule has 1 rings (SSSR count). The van der Waals surface area contributed by atoms with E-state index in [-0.39, 0.29) is 11.3 Å². The van der Waals surface area contributed by atoms with E-state index >= 15 is 0 Å². The van der Waals surface area contributed by atoms with Crippen LogP contribution in [-0.2, 0) is 11.3 Å². The van der Waals surface area contributed by atoms with Gasteiger partial charge in [-0.3, -0.25) is 4.79 Å². The first kappa shape index (κ1) is 16.2. The smallest absolute Gasteiger partial charge is 0.220 e. The third-order valence-electron chi connectivity index (χ3n) is 2.93. The summed E-state index contributed by atoms with van der Waals surface area (Å²) in [6.45, 7) is 9.36. The molecule has 3 heteroatoms. The highest BCUT2D eigenvalue weighted by Crippen LogP contribution is 2.25. The van der Waals surface area contributed by atoms with E-state index in [0.717, 1.165) is 16.5 Å². The van der Waals surface area contributed by atoms with Crippen LogP contribution in [0.5, 0.6) is 0 Å². The summed E-state index contributed by atoms with van der Waals surface area (Å²) >= 11 is 3.49. The largest absolute Gasteiger partial charge is 0.352 e. The van der Waals surface area contributed by atoms with Gasteiger partial charge in [0.05, 0.1) is 0 Å². The number of hydrogen-bond donors (Lipinski definition) is 1. The average molecular weight is 326 g/mol. The fraction of sp³-hybridized carbons (Fsp3) is 0.562. The molecule has 106 valence electrons. The van der Waals surface area contributed by atoms with Crippen molar-refractivity contribution >= 4 is 21.8 Å². The molecule has 19 heavy (non-hydrogen) atoms. The van der Waals surface area contributed by atoms with Crippen molar-refractivity contribution in [3.8, 4) is 0 Å². The second-order valence-corrected chi connectivity index (χ2v) is 7.30. The minimum Gasteiger partial charge on any atom is -0.352 e. The Morgan fingerprint density at radius 1 is 1.32 bits per heavy atom.